The lowest BCUT2D eigenvalue weighted by atomic mass is 9.76. The summed E-state index contributed by atoms with van der Waals surface area (Å²) in [6, 6.07) is 6.55. The summed E-state index contributed by atoms with van der Waals surface area (Å²) in [6.07, 6.45) is -0.564. The monoisotopic (exact) mass is 1270 g/mol. The number of carbonyl (C=O) groups is 10. The third kappa shape index (κ3) is 14.7. The van der Waals surface area contributed by atoms with Crippen molar-refractivity contribution < 1.29 is 71.7 Å². The Morgan fingerprint density at radius 1 is 0.889 bits per heavy atom. The van der Waals surface area contributed by atoms with E-state index in [9.17, 15) is 53.1 Å². The van der Waals surface area contributed by atoms with Crippen molar-refractivity contribution in [2.45, 2.75) is 149 Å². The molecule has 0 radical (unpaired) electrons. The molecule has 90 heavy (non-hydrogen) atoms. The summed E-state index contributed by atoms with van der Waals surface area (Å²) in [4.78, 5) is 139. The molecule has 0 saturated carbocycles. The number of fused-ring (bicyclic) bond motifs is 5. The van der Waals surface area contributed by atoms with Gasteiger partial charge in [0.1, 0.15) is 35.8 Å². The summed E-state index contributed by atoms with van der Waals surface area (Å²) in [5, 5.41) is 23.0. The number of hydrogen-bond acceptors (Lipinski definition) is 16. The number of anilines is 1. The number of nitrogens with zero attached hydrogens (tertiary/aromatic N) is 5. The Morgan fingerprint density at radius 3 is 2.22 bits per heavy atom. The van der Waals surface area contributed by atoms with Crippen LogP contribution >= 0.6 is 12.2 Å². The van der Waals surface area contributed by atoms with E-state index in [0.717, 1.165) is 11.1 Å². The van der Waals surface area contributed by atoms with Crippen molar-refractivity contribution in [1.82, 2.24) is 40.2 Å². The molecule has 2 aromatic heterocycles. The first-order chi connectivity index (χ1) is 42.6. The van der Waals surface area contributed by atoms with E-state index >= 15 is 4.39 Å². The van der Waals surface area contributed by atoms with Crippen LogP contribution in [0, 0.1) is 41.1 Å². The van der Waals surface area contributed by atoms with Crippen molar-refractivity contribution in [3.63, 3.8) is 0 Å². The van der Waals surface area contributed by atoms with E-state index in [0.29, 0.717) is 79.7 Å². The van der Waals surface area contributed by atoms with Crippen LogP contribution in [0.5, 0.6) is 0 Å². The van der Waals surface area contributed by atoms with Crippen LogP contribution in [0.15, 0.2) is 36.4 Å². The lowest BCUT2D eigenvalue weighted by Gasteiger charge is -2.32. The van der Waals surface area contributed by atoms with Gasteiger partial charge in [-0.05, 0) is 104 Å². The van der Waals surface area contributed by atoms with Gasteiger partial charge in [0.15, 0.2) is 11.7 Å². The molecule has 1 saturated heterocycles. The molecule has 6 atom stereocenters. The van der Waals surface area contributed by atoms with Gasteiger partial charge in [0.05, 0.1) is 23.4 Å². The Hall–Kier alpha value is -8.59. The Labute approximate surface area is 525 Å². The second-order valence-electron chi connectivity index (χ2n) is 24.4. The standard InChI is InChI=1S/C63H80FN11O14S/c1-9-63(86)43-27-47-52-41(29-75(47)58(90)42(43)31-87-59(63)82)40-25-36(24-39-34(6)44(64)28-46(69-52)50(39)40)53(54(65)78)89-62(85)73(8)23-22-72(7)61(84)88-30-35-16-18-37(19-17-35)68-55(79)45(14-13-20-67-60(66)83)70-56(80)51(33(4)5)71-48(76)15-11-10-12-21-74-49(77)26-38(32(2)3)57(74)81/h16-19,27-28,32-33,36,38,45,51,53,86H,9-15,20-26,29-31H2,1-8H3,(H2,65,78)(H,68,79)(H,70,80)(H,71,76)(H3,66,67,83)/t36?,38?,45-,51-,53?,63-/m0/s1. The normalized spacial score (nSPS) is 18.2. The highest BCUT2D eigenvalue weighted by atomic mass is 32.1. The molecule has 0 bridgehead atoms. The van der Waals surface area contributed by atoms with Crippen LogP contribution in [-0.2, 0) is 86.0 Å². The SMILES string of the molecule is CC[C@@]1(O)C(=O)OCc2c1cc1n(c2=S)Cc2c-1nc1cc(F)c(C)c3c1c2CC(C(OC(=O)N(C)CCN(C)C(=O)OCc1ccc(NC(=O)[C@H](CCCNC(N)=O)NC(=O)[C@@H](NC(=O)CCCCCN2C(=O)CC(C(C)C)C2=O)C(C)C)cc1)C(N)=O)C3. The number of hydrogen-bond donors (Lipinski definition) is 7. The maximum Gasteiger partial charge on any atom is 0.410 e. The summed E-state index contributed by atoms with van der Waals surface area (Å²) in [7, 11) is 2.89. The van der Waals surface area contributed by atoms with Crippen molar-refractivity contribution >= 4 is 88.4 Å². The Kier molecular flexibility index (Phi) is 21.3. The number of aliphatic hydroxyl groups is 1. The summed E-state index contributed by atoms with van der Waals surface area (Å²) < 4.78 is 34.7. The molecule has 5 heterocycles. The molecular formula is C63H80FN11O14S. The van der Waals surface area contributed by atoms with Gasteiger partial charge in [-0.15, -0.1) is 0 Å². The molecule has 25 nitrogen and oxygen atoms in total. The number of likely N-dealkylation sites (N-methyl/N-ethyl adjacent to an activating group) is 2. The number of urea groups is 1. The third-order valence-corrected chi connectivity index (χ3v) is 18.0. The number of ether oxygens (including phenoxy) is 3. The van der Waals surface area contributed by atoms with Gasteiger partial charge >= 0.3 is 24.2 Å². The molecule has 10 amide bonds. The molecular weight excluding hydrogens is 1190 g/mol. The number of halogens is 1. The van der Waals surface area contributed by atoms with E-state index in [1.807, 2.05) is 18.4 Å². The number of nitrogens with two attached hydrogens (primary N) is 2. The van der Waals surface area contributed by atoms with Crippen molar-refractivity contribution in [2.24, 2.45) is 35.1 Å². The zero-order valence-electron chi connectivity index (χ0n) is 52.0. The van der Waals surface area contributed by atoms with E-state index in [2.05, 4.69) is 21.3 Å². The number of pyridine rings is 2. The molecule has 1 aliphatic carbocycles. The fraction of sp³-hybridized carbons (Fsp3) is 0.524. The molecule has 2 aromatic carbocycles. The average Bonchev–Trinajstić information content (AvgIpc) is 1.44. The highest BCUT2D eigenvalue weighted by molar-refractivity contribution is 7.71. The predicted molar refractivity (Wildman–Crippen MR) is 328 cm³/mol. The lowest BCUT2D eigenvalue weighted by molar-refractivity contribution is -0.172. The molecule has 4 aliphatic rings. The van der Waals surface area contributed by atoms with Gasteiger partial charge in [-0.25, -0.2) is 28.6 Å². The first kappa shape index (κ1) is 67.3. The number of aromatic nitrogens is 2. The smallest absolute Gasteiger partial charge is 0.410 e. The Bertz CT molecular complexity index is 3580. The van der Waals surface area contributed by atoms with Crippen molar-refractivity contribution in [3.8, 4) is 11.4 Å². The van der Waals surface area contributed by atoms with Crippen molar-refractivity contribution in [1.29, 1.82) is 0 Å². The Balaban J connectivity index is 0.823. The number of cyclic esters (lactones) is 1. The lowest BCUT2D eigenvalue weighted by Crippen LogP contribution is -2.54. The zero-order chi connectivity index (χ0) is 65.6. The quantitative estimate of drug-likeness (QED) is 0.0120. The van der Waals surface area contributed by atoms with Gasteiger partial charge in [0.25, 0.3) is 5.91 Å². The minimum absolute atomic E-state index is 0.0239. The van der Waals surface area contributed by atoms with Crippen LogP contribution < -0.4 is 32.7 Å². The fourth-order valence-corrected chi connectivity index (χ4v) is 12.4. The van der Waals surface area contributed by atoms with E-state index in [1.165, 1.54) is 34.9 Å². The predicted octanol–water partition coefficient (Wildman–Crippen LogP) is 5.41. The molecule has 0 spiro atoms. The fourth-order valence-electron chi connectivity index (χ4n) is 12.0. The number of benzene rings is 2. The second-order valence-corrected chi connectivity index (χ2v) is 24.8. The number of esters is 1. The second kappa shape index (κ2) is 28.5. The molecule has 484 valence electrons. The number of primary amides is 2. The molecule has 4 aromatic rings. The molecule has 3 aliphatic heterocycles. The van der Waals surface area contributed by atoms with E-state index in [-0.39, 0.29) is 126 Å². The summed E-state index contributed by atoms with van der Waals surface area (Å²) in [5.74, 6) is -5.51. The summed E-state index contributed by atoms with van der Waals surface area (Å²) >= 11 is 5.93. The number of likely N-dealkylation sites (tertiary alicyclic amines) is 1. The molecule has 8 rings (SSSR count). The maximum atomic E-state index is 15.8. The van der Waals surface area contributed by atoms with Crippen LogP contribution in [0.1, 0.15) is 125 Å². The van der Waals surface area contributed by atoms with Crippen LogP contribution in [-0.4, -0.2) is 147 Å². The van der Waals surface area contributed by atoms with Gasteiger partial charge in [0.2, 0.25) is 29.5 Å². The molecule has 9 N–H and O–H groups in total. The van der Waals surface area contributed by atoms with Crippen LogP contribution in [0.25, 0.3) is 22.3 Å². The Morgan fingerprint density at radius 2 is 1.58 bits per heavy atom. The van der Waals surface area contributed by atoms with E-state index < -0.39 is 77.4 Å². The number of amides is 10. The number of imide groups is 1. The highest BCUT2D eigenvalue weighted by Crippen LogP contribution is 2.46. The number of unbranched alkanes of at least 4 members (excludes halogenated alkanes) is 2. The molecule has 1 fully saturated rings. The largest absolute Gasteiger partial charge is 0.458 e. The van der Waals surface area contributed by atoms with Gasteiger partial charge < -0.3 is 66.4 Å². The van der Waals surface area contributed by atoms with Crippen LogP contribution in [0.3, 0.4) is 0 Å². The first-order valence-electron chi connectivity index (χ1n) is 30.4. The third-order valence-electron chi connectivity index (χ3n) is 17.5. The van der Waals surface area contributed by atoms with Crippen LogP contribution in [0.2, 0.25) is 0 Å². The van der Waals surface area contributed by atoms with Gasteiger partial charge in [-0.1, -0.05) is 65.4 Å². The van der Waals surface area contributed by atoms with E-state index in [4.69, 9.17) is 42.9 Å². The van der Waals surface area contributed by atoms with E-state index in [1.54, 1.807) is 58.0 Å². The topological polar surface area (TPSA) is 346 Å². The van der Waals surface area contributed by atoms with Gasteiger partial charge in [-0.3, -0.25) is 33.7 Å². The summed E-state index contributed by atoms with van der Waals surface area (Å²) in [6.45, 7) is 10.9. The average molecular weight is 1270 g/mol. The zero-order valence-corrected chi connectivity index (χ0v) is 52.8. The van der Waals surface area contributed by atoms with Crippen LogP contribution in [0.4, 0.5) is 24.5 Å². The van der Waals surface area contributed by atoms with Gasteiger partial charge in [-0.2, -0.15) is 0 Å². The van der Waals surface area contributed by atoms with Gasteiger partial charge in [0, 0.05) is 98.8 Å². The minimum Gasteiger partial charge on any atom is -0.458 e. The summed E-state index contributed by atoms with van der Waals surface area (Å²) in [5.41, 5.74) is 14.7. The molecule has 27 heteroatoms. The van der Waals surface area contributed by atoms with Crippen molar-refractivity contribution in [2.75, 3.05) is 45.6 Å². The highest BCUT2D eigenvalue weighted by Gasteiger charge is 2.46. The minimum atomic E-state index is -1.94. The van der Waals surface area contributed by atoms with Crippen molar-refractivity contribution in [3.05, 3.63) is 85.8 Å². The number of carbonyl (C=O) groups excluding carboxylic acids is 10. The maximum absolute atomic E-state index is 15.8. The molecule has 3 unspecified atom stereocenters. The number of rotatable bonds is 26. The first-order valence-corrected chi connectivity index (χ1v) is 30.8. The number of nitrogens with one attached hydrogen (secondary N) is 4.